The van der Waals surface area contributed by atoms with E-state index in [0.29, 0.717) is 42.4 Å². The van der Waals surface area contributed by atoms with Crippen LogP contribution in [-0.4, -0.2) is 90.6 Å². The molecule has 2 fully saturated rings. The van der Waals surface area contributed by atoms with Gasteiger partial charge in [-0.25, -0.2) is 4.98 Å². The molecule has 1 aromatic carbocycles. The normalized spacial score (nSPS) is 17.0. The van der Waals surface area contributed by atoms with E-state index in [9.17, 15) is 18.7 Å². The molecule has 1 saturated heterocycles. The third kappa shape index (κ3) is 6.14. The SMILES string of the molecule is COc1cc(-c2cnc3cc(OCC(O)CN4CCOCC4)ccn23)cc(OC(F)F)c1C(=O)NC1CC1. The van der Waals surface area contributed by atoms with Crippen molar-refractivity contribution in [2.75, 3.05) is 46.6 Å². The highest BCUT2D eigenvalue weighted by atomic mass is 19.3. The van der Waals surface area contributed by atoms with Gasteiger partial charge in [0.15, 0.2) is 0 Å². The second kappa shape index (κ2) is 11.5. The Bertz CT molecular complexity index is 1280. The summed E-state index contributed by atoms with van der Waals surface area (Å²) in [5, 5.41) is 13.1. The van der Waals surface area contributed by atoms with Crippen LogP contribution in [0.5, 0.6) is 17.2 Å². The fourth-order valence-electron chi connectivity index (χ4n) is 4.39. The van der Waals surface area contributed by atoms with Gasteiger partial charge < -0.3 is 29.4 Å². The third-order valence-corrected chi connectivity index (χ3v) is 6.44. The summed E-state index contributed by atoms with van der Waals surface area (Å²) >= 11 is 0. The van der Waals surface area contributed by atoms with Crippen molar-refractivity contribution in [1.29, 1.82) is 0 Å². The Morgan fingerprint density at radius 2 is 2.00 bits per heavy atom. The smallest absolute Gasteiger partial charge is 0.387 e. The molecule has 1 unspecified atom stereocenters. The van der Waals surface area contributed by atoms with Gasteiger partial charge in [0.1, 0.15) is 41.2 Å². The highest BCUT2D eigenvalue weighted by Gasteiger charge is 2.29. The van der Waals surface area contributed by atoms with Crippen molar-refractivity contribution in [1.82, 2.24) is 19.6 Å². The van der Waals surface area contributed by atoms with Gasteiger partial charge in [-0.1, -0.05) is 0 Å². The number of hydrogen-bond acceptors (Lipinski definition) is 8. The number of benzene rings is 1. The zero-order chi connectivity index (χ0) is 26.6. The van der Waals surface area contributed by atoms with Crippen molar-refractivity contribution in [3.05, 3.63) is 42.2 Å². The second-order valence-corrected chi connectivity index (χ2v) is 9.29. The zero-order valence-corrected chi connectivity index (χ0v) is 20.9. The Hall–Kier alpha value is -3.48. The number of amides is 1. The van der Waals surface area contributed by atoms with Crippen molar-refractivity contribution < 1.29 is 37.6 Å². The number of methoxy groups -OCH3 is 1. The van der Waals surface area contributed by atoms with Gasteiger partial charge >= 0.3 is 6.61 Å². The van der Waals surface area contributed by atoms with E-state index in [-0.39, 0.29) is 29.7 Å². The second-order valence-electron chi connectivity index (χ2n) is 9.29. The molecule has 1 amide bonds. The van der Waals surface area contributed by atoms with Gasteiger partial charge in [0.05, 0.1) is 32.2 Å². The van der Waals surface area contributed by atoms with E-state index >= 15 is 0 Å². The number of hydrogen-bond donors (Lipinski definition) is 2. The molecule has 3 aromatic rings. The number of nitrogens with one attached hydrogen (secondary N) is 1. The highest BCUT2D eigenvalue weighted by Crippen LogP contribution is 2.37. The van der Waals surface area contributed by atoms with Gasteiger partial charge in [-0.2, -0.15) is 8.78 Å². The Kier molecular flexibility index (Phi) is 7.91. The lowest BCUT2D eigenvalue weighted by Gasteiger charge is -2.28. The van der Waals surface area contributed by atoms with Crippen molar-refractivity contribution in [2.24, 2.45) is 0 Å². The molecule has 2 N–H and O–H groups in total. The summed E-state index contributed by atoms with van der Waals surface area (Å²) in [7, 11) is 1.37. The molecule has 2 aromatic heterocycles. The molecule has 12 heteroatoms. The maximum absolute atomic E-state index is 13.3. The lowest BCUT2D eigenvalue weighted by Crippen LogP contribution is -2.42. The summed E-state index contributed by atoms with van der Waals surface area (Å²) < 4.78 is 49.5. The number of carbonyl (C=O) groups is 1. The first-order chi connectivity index (χ1) is 18.4. The summed E-state index contributed by atoms with van der Waals surface area (Å²) in [6.07, 6.45) is 4.34. The molecule has 38 heavy (non-hydrogen) atoms. The van der Waals surface area contributed by atoms with Crippen LogP contribution >= 0.6 is 0 Å². The Morgan fingerprint density at radius 1 is 1.24 bits per heavy atom. The average Bonchev–Trinajstić information content (AvgIpc) is 3.62. The van der Waals surface area contributed by atoms with Crippen LogP contribution in [0.25, 0.3) is 16.9 Å². The van der Waals surface area contributed by atoms with Gasteiger partial charge in [0, 0.05) is 43.5 Å². The van der Waals surface area contributed by atoms with Crippen LogP contribution in [0.15, 0.2) is 36.7 Å². The van der Waals surface area contributed by atoms with E-state index in [2.05, 4.69) is 15.2 Å². The average molecular weight is 533 g/mol. The number of nitrogens with zero attached hydrogens (tertiary/aromatic N) is 3. The van der Waals surface area contributed by atoms with Crippen LogP contribution in [0.3, 0.4) is 0 Å². The van der Waals surface area contributed by atoms with E-state index < -0.39 is 18.6 Å². The molecule has 0 bridgehead atoms. The lowest BCUT2D eigenvalue weighted by molar-refractivity contribution is -0.0502. The predicted molar refractivity (Wildman–Crippen MR) is 133 cm³/mol. The fraction of sp³-hybridized carbons (Fsp3) is 0.462. The molecule has 10 nitrogen and oxygen atoms in total. The number of aliphatic hydroxyl groups excluding tert-OH is 1. The number of ether oxygens (including phenoxy) is 4. The maximum Gasteiger partial charge on any atom is 0.387 e. The number of β-amino-alcohol motifs (C(OH)–C–C–N with tert-alkyl or cyclic N) is 1. The molecule has 0 spiro atoms. The first kappa shape index (κ1) is 26.1. The quantitative estimate of drug-likeness (QED) is 0.388. The van der Waals surface area contributed by atoms with Gasteiger partial charge in [-0.3, -0.25) is 14.1 Å². The number of imidazole rings is 1. The highest BCUT2D eigenvalue weighted by molar-refractivity contribution is 6.01. The third-order valence-electron chi connectivity index (χ3n) is 6.44. The molecule has 3 heterocycles. The molecule has 0 radical (unpaired) electrons. The molecule has 2 aliphatic rings. The van der Waals surface area contributed by atoms with E-state index in [1.165, 1.54) is 13.2 Å². The molecule has 1 aliphatic carbocycles. The van der Waals surface area contributed by atoms with Crippen LogP contribution in [-0.2, 0) is 4.74 Å². The molecule has 1 saturated carbocycles. The Balaban J connectivity index is 1.36. The predicted octanol–water partition coefficient (Wildman–Crippen LogP) is 2.58. The van der Waals surface area contributed by atoms with Gasteiger partial charge in [-0.05, 0) is 31.0 Å². The summed E-state index contributed by atoms with van der Waals surface area (Å²) in [6.45, 7) is 0.370. The van der Waals surface area contributed by atoms with Crippen molar-refractivity contribution in [3.63, 3.8) is 0 Å². The maximum atomic E-state index is 13.3. The molecular weight excluding hydrogens is 502 g/mol. The summed E-state index contributed by atoms with van der Waals surface area (Å²) in [6, 6.07) is 6.45. The fourth-order valence-corrected chi connectivity index (χ4v) is 4.39. The van der Waals surface area contributed by atoms with Gasteiger partial charge in [-0.15, -0.1) is 0 Å². The van der Waals surface area contributed by atoms with Crippen LogP contribution in [0.1, 0.15) is 23.2 Å². The van der Waals surface area contributed by atoms with E-state index in [4.69, 9.17) is 18.9 Å². The summed E-state index contributed by atoms with van der Waals surface area (Å²) in [5.41, 5.74) is 1.52. The number of morpholine rings is 1. The number of carbonyl (C=O) groups excluding carboxylic acids is 1. The van der Waals surface area contributed by atoms with E-state index in [1.807, 2.05) is 0 Å². The molecule has 5 rings (SSSR count). The number of halogens is 2. The number of pyridine rings is 1. The topological polar surface area (TPSA) is 107 Å². The molecule has 1 atom stereocenters. The standard InChI is InChI=1S/C26H30F2N4O6/c1-35-21-10-16(11-22(38-26(27)28)24(21)25(34)30-17-2-3-17)20-13-29-23-12-19(4-5-32(20)23)37-15-18(33)14-31-6-8-36-9-7-31/h4-5,10-13,17-18,26,33H,2-3,6-9,14-15H2,1H3,(H,30,34). The Labute approximate surface area is 218 Å². The molecule has 204 valence electrons. The minimum absolute atomic E-state index is 0.0296. The van der Waals surface area contributed by atoms with Gasteiger partial charge in [0.2, 0.25) is 0 Å². The molecular formula is C26H30F2N4O6. The van der Waals surface area contributed by atoms with Gasteiger partial charge in [0.25, 0.3) is 5.91 Å². The first-order valence-electron chi connectivity index (χ1n) is 12.5. The monoisotopic (exact) mass is 532 g/mol. The minimum atomic E-state index is -3.12. The Morgan fingerprint density at radius 3 is 2.71 bits per heavy atom. The number of fused-ring (bicyclic) bond motifs is 1. The zero-order valence-electron chi connectivity index (χ0n) is 20.9. The first-order valence-corrected chi connectivity index (χ1v) is 12.5. The van der Waals surface area contributed by atoms with E-state index in [0.717, 1.165) is 25.9 Å². The summed E-state index contributed by atoms with van der Waals surface area (Å²) in [5.74, 6) is -0.165. The van der Waals surface area contributed by atoms with Crippen molar-refractivity contribution in [3.8, 4) is 28.5 Å². The molecule has 1 aliphatic heterocycles. The number of aliphatic hydroxyl groups is 1. The number of alkyl halides is 2. The van der Waals surface area contributed by atoms with Crippen molar-refractivity contribution in [2.45, 2.75) is 31.6 Å². The van der Waals surface area contributed by atoms with Crippen LogP contribution < -0.4 is 19.5 Å². The largest absolute Gasteiger partial charge is 0.496 e. The van der Waals surface area contributed by atoms with Crippen LogP contribution in [0.4, 0.5) is 8.78 Å². The number of aromatic nitrogens is 2. The summed E-state index contributed by atoms with van der Waals surface area (Å²) in [4.78, 5) is 19.3. The van der Waals surface area contributed by atoms with Crippen LogP contribution in [0.2, 0.25) is 0 Å². The number of rotatable bonds is 11. The van der Waals surface area contributed by atoms with E-state index in [1.54, 1.807) is 35.0 Å². The van der Waals surface area contributed by atoms with Crippen LogP contribution in [0, 0.1) is 0 Å². The minimum Gasteiger partial charge on any atom is -0.496 e. The lowest BCUT2D eigenvalue weighted by atomic mass is 10.1. The van der Waals surface area contributed by atoms with Crippen molar-refractivity contribution >= 4 is 11.6 Å².